The van der Waals surface area contributed by atoms with Crippen molar-refractivity contribution in [3.8, 4) is 5.75 Å². The van der Waals surface area contributed by atoms with Crippen LogP contribution in [0.3, 0.4) is 0 Å². The summed E-state index contributed by atoms with van der Waals surface area (Å²) in [7, 11) is 5.76. The minimum atomic E-state index is 0.359. The second-order valence-electron chi connectivity index (χ2n) is 7.93. The number of rotatable bonds is 6. The molecular weight excluding hydrogens is 374 g/mol. The molecule has 0 amide bonds. The van der Waals surface area contributed by atoms with Gasteiger partial charge in [-0.05, 0) is 69.9 Å². The standard InChI is InChI=1S/C21H34ClN5O/c1-23-21(24-10-6-16-7-11-26(2)12-8-16)25-18-9-13-27(15-18)19-14-17(22)4-5-20(19)28-3/h4-5,14,16,18H,6-13,15H2,1-3H3,(H2,23,24,25). The van der Waals surface area contributed by atoms with E-state index in [9.17, 15) is 0 Å². The number of halogens is 1. The number of hydrogen-bond donors (Lipinski definition) is 2. The fraction of sp³-hybridized carbons (Fsp3) is 0.667. The summed E-state index contributed by atoms with van der Waals surface area (Å²) >= 11 is 6.19. The van der Waals surface area contributed by atoms with Crippen LogP contribution in [-0.2, 0) is 0 Å². The Balaban J connectivity index is 1.45. The minimum Gasteiger partial charge on any atom is -0.495 e. The molecule has 2 fully saturated rings. The van der Waals surface area contributed by atoms with Crippen LogP contribution in [0.2, 0.25) is 5.02 Å². The third-order valence-corrected chi connectivity index (χ3v) is 6.15. The molecule has 0 saturated carbocycles. The average Bonchev–Trinajstić information content (AvgIpc) is 3.17. The molecule has 1 atom stereocenters. The third kappa shape index (κ3) is 5.67. The lowest BCUT2D eigenvalue weighted by Crippen LogP contribution is -2.45. The Kier molecular flexibility index (Phi) is 7.68. The predicted octanol–water partition coefficient (Wildman–Crippen LogP) is 2.82. The van der Waals surface area contributed by atoms with Crippen LogP contribution in [0.1, 0.15) is 25.7 Å². The van der Waals surface area contributed by atoms with Crippen molar-refractivity contribution in [1.82, 2.24) is 15.5 Å². The summed E-state index contributed by atoms with van der Waals surface area (Å²) in [6, 6.07) is 6.14. The van der Waals surface area contributed by atoms with Gasteiger partial charge in [-0.2, -0.15) is 0 Å². The maximum atomic E-state index is 6.19. The van der Waals surface area contributed by atoms with Crippen LogP contribution in [0.5, 0.6) is 5.75 Å². The molecular formula is C21H34ClN5O. The molecule has 2 aliphatic rings. The van der Waals surface area contributed by atoms with E-state index < -0.39 is 0 Å². The van der Waals surface area contributed by atoms with Gasteiger partial charge in [0.25, 0.3) is 0 Å². The molecule has 1 aromatic carbocycles. The zero-order valence-electron chi connectivity index (χ0n) is 17.4. The molecule has 1 unspecified atom stereocenters. The van der Waals surface area contributed by atoms with Crippen LogP contribution in [-0.4, -0.2) is 70.8 Å². The lowest BCUT2D eigenvalue weighted by Gasteiger charge is -2.29. The van der Waals surface area contributed by atoms with Crippen molar-refractivity contribution in [2.45, 2.75) is 31.7 Å². The number of ether oxygens (including phenoxy) is 1. The highest BCUT2D eigenvalue weighted by molar-refractivity contribution is 6.30. The Labute approximate surface area is 174 Å². The number of nitrogens with one attached hydrogen (secondary N) is 2. The van der Waals surface area contributed by atoms with Crippen molar-refractivity contribution in [1.29, 1.82) is 0 Å². The van der Waals surface area contributed by atoms with E-state index >= 15 is 0 Å². The number of benzene rings is 1. The molecule has 7 heteroatoms. The number of nitrogens with zero attached hydrogens (tertiary/aromatic N) is 3. The second kappa shape index (κ2) is 10.2. The Hall–Kier alpha value is -1.66. The smallest absolute Gasteiger partial charge is 0.191 e. The van der Waals surface area contributed by atoms with Gasteiger partial charge >= 0.3 is 0 Å². The van der Waals surface area contributed by atoms with Crippen molar-refractivity contribution in [2.75, 3.05) is 58.8 Å². The number of anilines is 1. The molecule has 0 spiro atoms. The van der Waals surface area contributed by atoms with Crippen molar-refractivity contribution in [3.05, 3.63) is 23.2 Å². The van der Waals surface area contributed by atoms with E-state index in [1.165, 1.54) is 32.4 Å². The summed E-state index contributed by atoms with van der Waals surface area (Å²) in [5.41, 5.74) is 1.06. The van der Waals surface area contributed by atoms with Crippen LogP contribution in [0, 0.1) is 5.92 Å². The first kappa shape index (κ1) is 21.1. The van der Waals surface area contributed by atoms with E-state index in [1.807, 2.05) is 25.2 Å². The highest BCUT2D eigenvalue weighted by Crippen LogP contribution is 2.33. The van der Waals surface area contributed by atoms with E-state index in [1.54, 1.807) is 7.11 Å². The van der Waals surface area contributed by atoms with Gasteiger partial charge in [0.05, 0.1) is 12.8 Å². The van der Waals surface area contributed by atoms with E-state index in [0.29, 0.717) is 6.04 Å². The van der Waals surface area contributed by atoms with Gasteiger partial charge in [-0.1, -0.05) is 11.6 Å². The third-order valence-electron chi connectivity index (χ3n) is 5.92. The first-order valence-corrected chi connectivity index (χ1v) is 10.7. The summed E-state index contributed by atoms with van der Waals surface area (Å²) in [4.78, 5) is 9.16. The average molecular weight is 408 g/mol. The zero-order chi connectivity index (χ0) is 19.9. The lowest BCUT2D eigenvalue weighted by molar-refractivity contribution is 0.213. The molecule has 0 aromatic heterocycles. The molecule has 2 N–H and O–H groups in total. The molecule has 156 valence electrons. The Morgan fingerprint density at radius 3 is 2.75 bits per heavy atom. The number of guanidine groups is 1. The molecule has 6 nitrogen and oxygen atoms in total. The highest BCUT2D eigenvalue weighted by Gasteiger charge is 2.25. The number of methoxy groups -OCH3 is 1. The topological polar surface area (TPSA) is 52.1 Å². The van der Waals surface area contributed by atoms with E-state index in [0.717, 1.165) is 54.4 Å². The summed E-state index contributed by atoms with van der Waals surface area (Å²) in [6.07, 6.45) is 4.89. The molecule has 28 heavy (non-hydrogen) atoms. The van der Waals surface area contributed by atoms with Gasteiger partial charge in [-0.15, -0.1) is 0 Å². The van der Waals surface area contributed by atoms with Crippen LogP contribution < -0.4 is 20.3 Å². The molecule has 0 aliphatic carbocycles. The maximum Gasteiger partial charge on any atom is 0.191 e. The normalized spacial score (nSPS) is 21.8. The van der Waals surface area contributed by atoms with Gasteiger partial charge in [-0.25, -0.2) is 0 Å². The molecule has 1 aromatic rings. The maximum absolute atomic E-state index is 6.19. The van der Waals surface area contributed by atoms with Gasteiger partial charge in [0.15, 0.2) is 5.96 Å². The number of hydrogen-bond acceptors (Lipinski definition) is 4. The lowest BCUT2D eigenvalue weighted by atomic mass is 9.94. The van der Waals surface area contributed by atoms with Crippen LogP contribution in [0.4, 0.5) is 5.69 Å². The van der Waals surface area contributed by atoms with Crippen LogP contribution >= 0.6 is 11.6 Å². The summed E-state index contributed by atoms with van der Waals surface area (Å²) in [5.74, 6) is 2.60. The quantitative estimate of drug-likeness (QED) is 0.561. The predicted molar refractivity (Wildman–Crippen MR) is 118 cm³/mol. The number of likely N-dealkylation sites (tertiary alicyclic amines) is 1. The van der Waals surface area contributed by atoms with Crippen molar-refractivity contribution in [3.63, 3.8) is 0 Å². The van der Waals surface area contributed by atoms with E-state index in [2.05, 4.69) is 32.5 Å². The second-order valence-corrected chi connectivity index (χ2v) is 8.36. The van der Waals surface area contributed by atoms with Crippen molar-refractivity contribution in [2.24, 2.45) is 10.9 Å². The zero-order valence-corrected chi connectivity index (χ0v) is 18.1. The summed E-state index contributed by atoms with van der Waals surface area (Å²) < 4.78 is 5.51. The van der Waals surface area contributed by atoms with Gasteiger partial charge in [0.2, 0.25) is 0 Å². The molecule has 2 aliphatic heterocycles. The number of aliphatic imine (C=N–C) groups is 1. The van der Waals surface area contributed by atoms with Crippen LogP contribution in [0.25, 0.3) is 0 Å². The Bertz CT molecular complexity index is 660. The van der Waals surface area contributed by atoms with Gasteiger partial charge < -0.3 is 25.2 Å². The number of piperidine rings is 1. The van der Waals surface area contributed by atoms with Gasteiger partial charge in [-0.3, -0.25) is 4.99 Å². The monoisotopic (exact) mass is 407 g/mol. The van der Waals surface area contributed by atoms with Crippen molar-refractivity contribution < 1.29 is 4.74 Å². The van der Waals surface area contributed by atoms with Crippen molar-refractivity contribution >= 4 is 23.2 Å². The minimum absolute atomic E-state index is 0.359. The van der Waals surface area contributed by atoms with Crippen LogP contribution in [0.15, 0.2) is 23.2 Å². The summed E-state index contributed by atoms with van der Waals surface area (Å²) in [5, 5.41) is 7.81. The molecule has 2 saturated heterocycles. The SMILES string of the molecule is CN=C(NCCC1CCN(C)CC1)NC1CCN(c2cc(Cl)ccc2OC)C1. The van der Waals surface area contributed by atoms with E-state index in [-0.39, 0.29) is 0 Å². The Morgan fingerprint density at radius 1 is 1.25 bits per heavy atom. The Morgan fingerprint density at radius 2 is 2.04 bits per heavy atom. The fourth-order valence-electron chi connectivity index (χ4n) is 4.14. The fourth-order valence-corrected chi connectivity index (χ4v) is 4.31. The molecule has 0 bridgehead atoms. The largest absolute Gasteiger partial charge is 0.495 e. The van der Waals surface area contributed by atoms with Gasteiger partial charge in [0, 0.05) is 37.7 Å². The van der Waals surface area contributed by atoms with Gasteiger partial charge in [0.1, 0.15) is 5.75 Å². The first-order chi connectivity index (χ1) is 13.6. The molecule has 2 heterocycles. The van der Waals surface area contributed by atoms with E-state index in [4.69, 9.17) is 16.3 Å². The highest BCUT2D eigenvalue weighted by atomic mass is 35.5. The summed E-state index contributed by atoms with van der Waals surface area (Å²) in [6.45, 7) is 5.31. The first-order valence-electron chi connectivity index (χ1n) is 10.3. The molecule has 0 radical (unpaired) electrons. The molecule has 3 rings (SSSR count).